The number of rotatable bonds is 7. The molecule has 28 heavy (non-hydrogen) atoms. The fourth-order valence-electron chi connectivity index (χ4n) is 3.58. The molecule has 1 N–H and O–H groups in total. The Bertz CT molecular complexity index is 861. The molecule has 0 atom stereocenters. The predicted molar refractivity (Wildman–Crippen MR) is 109 cm³/mol. The Morgan fingerprint density at radius 3 is 2.71 bits per heavy atom. The highest BCUT2D eigenvalue weighted by molar-refractivity contribution is 7.99. The average Bonchev–Trinajstić information content (AvgIpc) is 3.11. The van der Waals surface area contributed by atoms with Crippen molar-refractivity contribution in [3.63, 3.8) is 0 Å². The van der Waals surface area contributed by atoms with Crippen LogP contribution in [0.1, 0.15) is 56.3 Å². The van der Waals surface area contributed by atoms with Crippen molar-refractivity contribution in [3.8, 4) is 0 Å². The first kappa shape index (κ1) is 20.3. The third-order valence-corrected chi connectivity index (χ3v) is 6.03. The summed E-state index contributed by atoms with van der Waals surface area (Å²) in [6.07, 6.45) is 6.08. The van der Waals surface area contributed by atoms with Gasteiger partial charge in [0.2, 0.25) is 5.91 Å². The second kappa shape index (κ2) is 9.18. The molecule has 1 heterocycles. The summed E-state index contributed by atoms with van der Waals surface area (Å²) >= 11 is 1.37. The van der Waals surface area contributed by atoms with Crippen molar-refractivity contribution in [2.75, 3.05) is 11.1 Å². The zero-order valence-electron chi connectivity index (χ0n) is 16.2. The summed E-state index contributed by atoms with van der Waals surface area (Å²) < 4.78 is 2.12. The van der Waals surface area contributed by atoms with Gasteiger partial charge in [0, 0.05) is 30.3 Å². The van der Waals surface area contributed by atoms with E-state index in [2.05, 4.69) is 27.0 Å². The van der Waals surface area contributed by atoms with Crippen LogP contribution in [0.2, 0.25) is 0 Å². The van der Waals surface area contributed by atoms with Crippen LogP contribution in [0.15, 0.2) is 23.4 Å². The molecule has 150 valence electrons. The van der Waals surface area contributed by atoms with Crippen LogP contribution in [0, 0.1) is 17.0 Å². The fraction of sp³-hybridized carbons (Fsp3) is 0.526. The first-order valence-corrected chi connectivity index (χ1v) is 10.6. The molecular weight excluding hydrogens is 378 g/mol. The van der Waals surface area contributed by atoms with Crippen molar-refractivity contribution < 1.29 is 9.72 Å². The third-order valence-electron chi connectivity index (χ3n) is 5.06. The van der Waals surface area contributed by atoms with Gasteiger partial charge in [-0.3, -0.25) is 14.9 Å². The monoisotopic (exact) mass is 403 g/mol. The second-order valence-electron chi connectivity index (χ2n) is 7.01. The fourth-order valence-corrected chi connectivity index (χ4v) is 4.39. The first-order valence-electron chi connectivity index (χ1n) is 9.60. The molecule has 1 aromatic carbocycles. The molecule has 1 saturated carbocycles. The maximum Gasteiger partial charge on any atom is 0.269 e. The molecule has 1 amide bonds. The summed E-state index contributed by atoms with van der Waals surface area (Å²) in [6, 6.07) is 4.40. The van der Waals surface area contributed by atoms with Gasteiger partial charge in [-0.05, 0) is 38.3 Å². The van der Waals surface area contributed by atoms with Crippen LogP contribution < -0.4 is 5.32 Å². The first-order chi connectivity index (χ1) is 13.5. The van der Waals surface area contributed by atoms with E-state index in [0.29, 0.717) is 17.2 Å². The maximum absolute atomic E-state index is 12.3. The quantitative estimate of drug-likeness (QED) is 0.420. The van der Waals surface area contributed by atoms with E-state index in [4.69, 9.17) is 0 Å². The van der Waals surface area contributed by atoms with Gasteiger partial charge in [0.25, 0.3) is 5.69 Å². The Balaban J connectivity index is 1.61. The van der Waals surface area contributed by atoms with Gasteiger partial charge in [-0.2, -0.15) is 0 Å². The van der Waals surface area contributed by atoms with E-state index in [1.54, 1.807) is 13.0 Å². The standard InChI is InChI=1S/C19H25N5O3S/c1-3-23-18(14-7-5-4-6-8-14)21-22-19(23)28-12-17(25)20-16-10-9-15(24(26)27)11-13(16)2/h9-11,14H,3-8,12H2,1-2H3,(H,20,25). The predicted octanol–water partition coefficient (Wildman–Crippen LogP) is 4.29. The van der Waals surface area contributed by atoms with Crippen LogP contribution in [0.5, 0.6) is 0 Å². The zero-order chi connectivity index (χ0) is 20.1. The lowest BCUT2D eigenvalue weighted by Gasteiger charge is -2.21. The van der Waals surface area contributed by atoms with Crippen LogP contribution in [0.4, 0.5) is 11.4 Å². The number of aryl methyl sites for hydroxylation is 1. The lowest BCUT2D eigenvalue weighted by Crippen LogP contribution is -2.16. The van der Waals surface area contributed by atoms with E-state index in [0.717, 1.165) is 30.4 Å². The molecule has 1 aliphatic rings. The van der Waals surface area contributed by atoms with Crippen molar-refractivity contribution in [1.29, 1.82) is 0 Å². The number of anilines is 1. The number of carbonyl (C=O) groups excluding carboxylic acids is 1. The molecule has 2 aromatic rings. The molecule has 1 aromatic heterocycles. The van der Waals surface area contributed by atoms with Gasteiger partial charge >= 0.3 is 0 Å². The summed E-state index contributed by atoms with van der Waals surface area (Å²) in [5.41, 5.74) is 1.25. The lowest BCUT2D eigenvalue weighted by molar-refractivity contribution is -0.384. The van der Waals surface area contributed by atoms with Gasteiger partial charge in [0.05, 0.1) is 10.7 Å². The molecule has 0 aliphatic heterocycles. The SMILES string of the molecule is CCn1c(SCC(=O)Nc2ccc([N+](=O)[O-])cc2C)nnc1C1CCCCC1. The number of nitro benzene ring substituents is 1. The van der Waals surface area contributed by atoms with Crippen molar-refractivity contribution in [1.82, 2.24) is 14.8 Å². The highest BCUT2D eigenvalue weighted by Crippen LogP contribution is 2.33. The number of hydrogen-bond donors (Lipinski definition) is 1. The molecule has 0 unspecified atom stereocenters. The number of carbonyl (C=O) groups is 1. The smallest absolute Gasteiger partial charge is 0.269 e. The van der Waals surface area contributed by atoms with Crippen LogP contribution >= 0.6 is 11.8 Å². The van der Waals surface area contributed by atoms with Gasteiger partial charge in [0.1, 0.15) is 5.82 Å². The number of aromatic nitrogens is 3. The number of nitrogens with zero attached hydrogens (tertiary/aromatic N) is 4. The minimum Gasteiger partial charge on any atom is -0.325 e. The minimum atomic E-state index is -0.448. The van der Waals surface area contributed by atoms with E-state index in [1.807, 2.05) is 0 Å². The molecule has 1 fully saturated rings. The van der Waals surface area contributed by atoms with Crippen LogP contribution in [-0.2, 0) is 11.3 Å². The van der Waals surface area contributed by atoms with Gasteiger partial charge in [0.15, 0.2) is 5.16 Å². The number of nitro groups is 1. The summed E-state index contributed by atoms with van der Waals surface area (Å²) in [4.78, 5) is 22.7. The van der Waals surface area contributed by atoms with Gasteiger partial charge < -0.3 is 9.88 Å². The summed E-state index contributed by atoms with van der Waals surface area (Å²) in [6.45, 7) is 4.59. The van der Waals surface area contributed by atoms with E-state index in [1.165, 1.54) is 43.2 Å². The molecule has 1 aliphatic carbocycles. The molecule has 0 saturated heterocycles. The molecule has 8 nitrogen and oxygen atoms in total. The number of non-ortho nitro benzene ring substituents is 1. The van der Waals surface area contributed by atoms with Crippen molar-refractivity contribution >= 4 is 29.0 Å². The Morgan fingerprint density at radius 1 is 1.32 bits per heavy atom. The number of thioether (sulfide) groups is 1. The Kier molecular flexibility index (Phi) is 6.66. The van der Waals surface area contributed by atoms with Crippen molar-refractivity contribution in [2.45, 2.75) is 63.6 Å². The minimum absolute atomic E-state index is 0.0103. The van der Waals surface area contributed by atoms with Crippen molar-refractivity contribution in [3.05, 3.63) is 39.7 Å². The van der Waals surface area contributed by atoms with Gasteiger partial charge in [-0.25, -0.2) is 0 Å². The van der Waals surface area contributed by atoms with Gasteiger partial charge in [-0.1, -0.05) is 31.0 Å². The molecule has 3 rings (SSSR count). The molecule has 9 heteroatoms. The highest BCUT2D eigenvalue weighted by Gasteiger charge is 2.23. The molecule has 0 radical (unpaired) electrons. The zero-order valence-corrected chi connectivity index (χ0v) is 17.0. The summed E-state index contributed by atoms with van der Waals surface area (Å²) in [7, 11) is 0. The summed E-state index contributed by atoms with van der Waals surface area (Å²) in [5.74, 6) is 1.54. The summed E-state index contributed by atoms with van der Waals surface area (Å²) in [5, 5.41) is 23.1. The molecule has 0 spiro atoms. The van der Waals surface area contributed by atoms with Crippen LogP contribution in [0.25, 0.3) is 0 Å². The maximum atomic E-state index is 12.3. The van der Waals surface area contributed by atoms with Crippen molar-refractivity contribution in [2.24, 2.45) is 0 Å². The Labute approximate surface area is 168 Å². The lowest BCUT2D eigenvalue weighted by atomic mass is 9.89. The largest absolute Gasteiger partial charge is 0.325 e. The van der Waals surface area contributed by atoms with Gasteiger partial charge in [-0.15, -0.1) is 10.2 Å². The normalized spacial score (nSPS) is 14.8. The molecule has 0 bridgehead atoms. The Hall–Kier alpha value is -2.42. The van der Waals surface area contributed by atoms with E-state index in [-0.39, 0.29) is 17.3 Å². The van der Waals surface area contributed by atoms with Crippen LogP contribution in [-0.4, -0.2) is 31.3 Å². The average molecular weight is 404 g/mol. The third kappa shape index (κ3) is 4.70. The van der Waals surface area contributed by atoms with E-state index in [9.17, 15) is 14.9 Å². The van der Waals surface area contributed by atoms with E-state index < -0.39 is 4.92 Å². The number of benzene rings is 1. The number of amides is 1. The Morgan fingerprint density at radius 2 is 2.07 bits per heavy atom. The highest BCUT2D eigenvalue weighted by atomic mass is 32.2. The molecular formula is C19H25N5O3S. The van der Waals surface area contributed by atoms with Crippen LogP contribution in [0.3, 0.4) is 0 Å². The second-order valence-corrected chi connectivity index (χ2v) is 7.96. The topological polar surface area (TPSA) is 103 Å². The van der Waals surface area contributed by atoms with E-state index >= 15 is 0 Å². The number of nitrogens with one attached hydrogen (secondary N) is 1. The number of hydrogen-bond acceptors (Lipinski definition) is 6.